The minimum atomic E-state index is -3.69. The summed E-state index contributed by atoms with van der Waals surface area (Å²) in [5.74, 6) is -0.239. The predicted molar refractivity (Wildman–Crippen MR) is 82.9 cm³/mol. The largest absolute Gasteiger partial charge is 0.337 e. The van der Waals surface area contributed by atoms with E-state index in [4.69, 9.17) is 17.3 Å². The number of rotatable bonds is 5. The van der Waals surface area contributed by atoms with E-state index in [1.165, 1.54) is 12.1 Å². The lowest BCUT2D eigenvalue weighted by Gasteiger charge is -2.35. The second-order valence-corrected chi connectivity index (χ2v) is 8.56. The van der Waals surface area contributed by atoms with Gasteiger partial charge in [-0.15, -0.1) is 11.3 Å². The summed E-state index contributed by atoms with van der Waals surface area (Å²) in [6.45, 7) is 0.778. The van der Waals surface area contributed by atoms with E-state index < -0.39 is 10.0 Å². The van der Waals surface area contributed by atoms with Crippen LogP contribution in [0.5, 0.6) is 0 Å². The van der Waals surface area contributed by atoms with E-state index in [9.17, 15) is 13.2 Å². The van der Waals surface area contributed by atoms with Gasteiger partial charge < -0.3 is 10.6 Å². The highest BCUT2D eigenvalue weighted by Crippen LogP contribution is 2.25. The van der Waals surface area contributed by atoms with Gasteiger partial charge in [0.1, 0.15) is 4.21 Å². The van der Waals surface area contributed by atoms with Crippen LogP contribution >= 0.6 is 22.9 Å². The van der Waals surface area contributed by atoms with Gasteiger partial charge in [0, 0.05) is 19.1 Å². The average molecular weight is 352 g/mol. The van der Waals surface area contributed by atoms with Crippen LogP contribution in [-0.4, -0.2) is 44.9 Å². The van der Waals surface area contributed by atoms with E-state index in [2.05, 4.69) is 4.72 Å². The molecule has 1 atom stereocenters. The van der Waals surface area contributed by atoms with Crippen LogP contribution in [0.4, 0.5) is 0 Å². The Morgan fingerprint density at radius 1 is 1.48 bits per heavy atom. The molecular weight excluding hydrogens is 334 g/mol. The van der Waals surface area contributed by atoms with Gasteiger partial charge in [-0.05, 0) is 31.4 Å². The average Bonchev–Trinajstić information content (AvgIpc) is 2.92. The van der Waals surface area contributed by atoms with Crippen molar-refractivity contribution in [1.29, 1.82) is 0 Å². The Balaban J connectivity index is 1.97. The Morgan fingerprint density at radius 2 is 2.24 bits per heavy atom. The molecule has 118 valence electrons. The predicted octanol–water partition coefficient (Wildman–Crippen LogP) is 1.02. The lowest BCUT2D eigenvalue weighted by molar-refractivity contribution is -0.133. The van der Waals surface area contributed by atoms with E-state index >= 15 is 0 Å². The van der Waals surface area contributed by atoms with Crippen molar-refractivity contribution in [1.82, 2.24) is 9.62 Å². The van der Waals surface area contributed by atoms with Crippen LogP contribution in [0.2, 0.25) is 4.34 Å². The SMILES string of the molecule is NCC1CCCCN1C(=O)CNS(=O)(=O)c1ccc(Cl)s1. The molecule has 1 unspecified atom stereocenters. The van der Waals surface area contributed by atoms with Crippen LogP contribution in [0.3, 0.4) is 0 Å². The highest BCUT2D eigenvalue weighted by molar-refractivity contribution is 7.91. The topological polar surface area (TPSA) is 92.5 Å². The molecule has 1 aliphatic heterocycles. The van der Waals surface area contributed by atoms with Gasteiger partial charge in [0.25, 0.3) is 10.0 Å². The van der Waals surface area contributed by atoms with Gasteiger partial charge in [-0.2, -0.15) is 0 Å². The summed E-state index contributed by atoms with van der Waals surface area (Å²) in [5.41, 5.74) is 5.66. The minimum absolute atomic E-state index is 0.00642. The number of carbonyl (C=O) groups is 1. The maximum atomic E-state index is 12.2. The first-order chi connectivity index (χ1) is 9.94. The number of nitrogens with zero attached hydrogens (tertiary/aromatic N) is 1. The Hall–Kier alpha value is -0.670. The molecule has 6 nitrogen and oxygen atoms in total. The van der Waals surface area contributed by atoms with E-state index in [1.807, 2.05) is 0 Å². The van der Waals surface area contributed by atoms with E-state index in [1.54, 1.807) is 4.90 Å². The van der Waals surface area contributed by atoms with Gasteiger partial charge in [0.05, 0.1) is 10.9 Å². The molecule has 0 aliphatic carbocycles. The number of nitrogens with two attached hydrogens (primary N) is 1. The zero-order chi connectivity index (χ0) is 15.5. The molecule has 1 aliphatic rings. The van der Waals surface area contributed by atoms with Crippen molar-refractivity contribution < 1.29 is 13.2 Å². The normalized spacial score (nSPS) is 19.7. The fourth-order valence-corrected chi connectivity index (χ4v) is 4.85. The molecule has 0 saturated carbocycles. The van der Waals surface area contributed by atoms with Crippen molar-refractivity contribution in [3.05, 3.63) is 16.5 Å². The minimum Gasteiger partial charge on any atom is -0.337 e. The third kappa shape index (κ3) is 4.17. The van der Waals surface area contributed by atoms with E-state index in [0.29, 0.717) is 17.4 Å². The first-order valence-electron chi connectivity index (χ1n) is 6.68. The molecule has 1 amide bonds. The summed E-state index contributed by atoms with van der Waals surface area (Å²) < 4.78 is 26.9. The molecular formula is C12H18ClN3O3S2. The summed E-state index contributed by atoms with van der Waals surface area (Å²) in [4.78, 5) is 13.8. The summed E-state index contributed by atoms with van der Waals surface area (Å²) in [5, 5.41) is 0. The van der Waals surface area contributed by atoms with Crippen molar-refractivity contribution in [2.24, 2.45) is 5.73 Å². The van der Waals surface area contributed by atoms with E-state index in [0.717, 1.165) is 30.6 Å². The van der Waals surface area contributed by atoms with E-state index in [-0.39, 0.29) is 22.7 Å². The van der Waals surface area contributed by atoms with Crippen LogP contribution in [0, 0.1) is 0 Å². The number of likely N-dealkylation sites (tertiary alicyclic amines) is 1. The molecule has 21 heavy (non-hydrogen) atoms. The summed E-state index contributed by atoms with van der Waals surface area (Å²) >= 11 is 6.68. The fourth-order valence-electron chi connectivity index (χ4n) is 2.35. The highest BCUT2D eigenvalue weighted by atomic mass is 35.5. The Bertz CT molecular complexity index is 603. The molecule has 1 aromatic rings. The van der Waals surface area contributed by atoms with Gasteiger partial charge in [-0.3, -0.25) is 4.79 Å². The number of thiophene rings is 1. The number of hydrogen-bond donors (Lipinski definition) is 2. The molecule has 1 aromatic heterocycles. The van der Waals surface area contributed by atoms with Crippen molar-refractivity contribution in [2.75, 3.05) is 19.6 Å². The monoisotopic (exact) mass is 351 g/mol. The highest BCUT2D eigenvalue weighted by Gasteiger charge is 2.26. The van der Waals surface area contributed by atoms with Gasteiger partial charge in [-0.25, -0.2) is 13.1 Å². The van der Waals surface area contributed by atoms with Crippen LogP contribution in [0.1, 0.15) is 19.3 Å². The second-order valence-electron chi connectivity index (χ2n) is 4.86. The molecule has 0 spiro atoms. The molecule has 2 heterocycles. The summed E-state index contributed by atoms with van der Waals surface area (Å²) in [6, 6.07) is 2.94. The zero-order valence-electron chi connectivity index (χ0n) is 11.4. The van der Waals surface area contributed by atoms with Crippen LogP contribution in [0.15, 0.2) is 16.3 Å². The van der Waals surface area contributed by atoms with Crippen molar-refractivity contribution in [3.63, 3.8) is 0 Å². The quantitative estimate of drug-likeness (QED) is 0.828. The number of hydrogen-bond acceptors (Lipinski definition) is 5. The van der Waals surface area contributed by atoms with Crippen molar-refractivity contribution in [3.8, 4) is 0 Å². The van der Waals surface area contributed by atoms with Crippen LogP contribution in [-0.2, 0) is 14.8 Å². The molecule has 1 fully saturated rings. The lowest BCUT2D eigenvalue weighted by atomic mass is 10.0. The van der Waals surface area contributed by atoms with Gasteiger partial charge in [-0.1, -0.05) is 11.6 Å². The van der Waals surface area contributed by atoms with Gasteiger partial charge >= 0.3 is 0 Å². The molecule has 0 bridgehead atoms. The van der Waals surface area contributed by atoms with Crippen molar-refractivity contribution >= 4 is 38.9 Å². The standard InChI is InChI=1S/C12H18ClN3O3S2/c13-10-4-5-12(20-10)21(18,19)15-8-11(17)16-6-2-1-3-9(16)7-14/h4-5,9,15H,1-3,6-8,14H2. The number of amides is 1. The lowest BCUT2D eigenvalue weighted by Crippen LogP contribution is -2.50. The first-order valence-corrected chi connectivity index (χ1v) is 9.36. The third-order valence-electron chi connectivity index (χ3n) is 3.45. The number of sulfonamides is 1. The maximum absolute atomic E-state index is 12.2. The van der Waals surface area contributed by atoms with Crippen molar-refractivity contribution in [2.45, 2.75) is 29.5 Å². The van der Waals surface area contributed by atoms with Gasteiger partial charge in [0.2, 0.25) is 5.91 Å². The number of nitrogens with one attached hydrogen (secondary N) is 1. The number of piperidine rings is 1. The molecule has 2 rings (SSSR count). The van der Waals surface area contributed by atoms with Crippen LogP contribution < -0.4 is 10.5 Å². The van der Waals surface area contributed by atoms with Gasteiger partial charge in [0.15, 0.2) is 0 Å². The number of carbonyl (C=O) groups excluding carboxylic acids is 1. The maximum Gasteiger partial charge on any atom is 0.250 e. The molecule has 3 N–H and O–H groups in total. The fraction of sp³-hybridized carbons (Fsp3) is 0.583. The molecule has 1 saturated heterocycles. The Labute approximate surface area is 133 Å². The zero-order valence-corrected chi connectivity index (χ0v) is 13.8. The smallest absolute Gasteiger partial charge is 0.250 e. The molecule has 0 radical (unpaired) electrons. The second kappa shape index (κ2) is 7.06. The molecule has 9 heteroatoms. The number of halogens is 1. The van der Waals surface area contributed by atoms with Crippen LogP contribution in [0.25, 0.3) is 0 Å². The third-order valence-corrected chi connectivity index (χ3v) is 6.57. The Morgan fingerprint density at radius 3 is 2.86 bits per heavy atom. The summed E-state index contributed by atoms with van der Waals surface area (Å²) in [6.07, 6.45) is 2.84. The molecule has 0 aromatic carbocycles. The first kappa shape index (κ1) is 16.7. The summed E-state index contributed by atoms with van der Waals surface area (Å²) in [7, 11) is -3.69. The Kier molecular flexibility index (Phi) is 5.61.